The first-order valence-electron chi connectivity index (χ1n) is 5.95. The van der Waals surface area contributed by atoms with Gasteiger partial charge < -0.3 is 0 Å². The van der Waals surface area contributed by atoms with Gasteiger partial charge in [-0.15, -0.1) is 0 Å². The van der Waals surface area contributed by atoms with Crippen molar-refractivity contribution in [2.45, 2.75) is 6.92 Å². The van der Waals surface area contributed by atoms with Gasteiger partial charge in [-0.2, -0.15) is 0 Å². The van der Waals surface area contributed by atoms with Crippen molar-refractivity contribution in [1.82, 2.24) is 9.55 Å². The van der Waals surface area contributed by atoms with E-state index in [-0.39, 0.29) is 10.6 Å². The first-order chi connectivity index (χ1) is 9.58. The van der Waals surface area contributed by atoms with Gasteiger partial charge in [0.15, 0.2) is 0 Å². The highest BCUT2D eigenvalue weighted by atomic mass is 79.9. The summed E-state index contributed by atoms with van der Waals surface area (Å²) in [6, 6.07) is 11.1. The van der Waals surface area contributed by atoms with E-state index in [1.807, 2.05) is 28.8 Å². The Balaban J connectivity index is 2.25. The third-order valence-electron chi connectivity index (χ3n) is 3.18. The Hall–Kier alpha value is -2.21. The lowest BCUT2D eigenvalue weighted by molar-refractivity contribution is -0.385. The molecule has 6 heteroatoms. The Kier molecular flexibility index (Phi) is 3.02. The lowest BCUT2D eigenvalue weighted by Gasteiger charge is -2.08. The summed E-state index contributed by atoms with van der Waals surface area (Å²) in [6.07, 6.45) is 1.72. The molecule has 0 unspecified atom stereocenters. The highest BCUT2D eigenvalue weighted by Crippen LogP contribution is 2.31. The highest BCUT2D eigenvalue weighted by Gasteiger charge is 2.16. The number of rotatable bonds is 2. The van der Waals surface area contributed by atoms with Crippen LogP contribution in [0.4, 0.5) is 5.69 Å². The minimum absolute atomic E-state index is 0.102. The average molecular weight is 332 g/mol. The Labute approximate surface area is 123 Å². The predicted molar refractivity (Wildman–Crippen MR) is 80.2 cm³/mol. The van der Waals surface area contributed by atoms with Gasteiger partial charge in [0.1, 0.15) is 6.33 Å². The van der Waals surface area contributed by atoms with Gasteiger partial charge in [-0.3, -0.25) is 14.7 Å². The molecule has 1 heterocycles. The summed E-state index contributed by atoms with van der Waals surface area (Å²) < 4.78 is 2.58. The molecule has 3 aromatic rings. The van der Waals surface area contributed by atoms with Gasteiger partial charge in [0.2, 0.25) is 0 Å². The van der Waals surface area contributed by atoms with Gasteiger partial charge >= 0.3 is 0 Å². The molecule has 0 aliphatic carbocycles. The normalized spacial score (nSPS) is 10.9. The Morgan fingerprint density at radius 3 is 2.80 bits per heavy atom. The van der Waals surface area contributed by atoms with Crippen molar-refractivity contribution in [3.63, 3.8) is 0 Å². The third kappa shape index (κ3) is 1.98. The summed E-state index contributed by atoms with van der Waals surface area (Å²) in [5.74, 6) is 0. The maximum absolute atomic E-state index is 10.9. The summed E-state index contributed by atoms with van der Waals surface area (Å²) in [6.45, 7) is 1.73. The molecule has 0 aliphatic heterocycles. The summed E-state index contributed by atoms with van der Waals surface area (Å²) >= 11 is 3.40. The number of nitro benzene ring substituents is 1. The molecule has 0 saturated carbocycles. The maximum atomic E-state index is 10.9. The van der Waals surface area contributed by atoms with E-state index < -0.39 is 0 Å². The smallest absolute Gasteiger partial charge is 0.273 e. The van der Waals surface area contributed by atoms with Crippen LogP contribution < -0.4 is 0 Å². The van der Waals surface area contributed by atoms with Crippen molar-refractivity contribution in [1.29, 1.82) is 0 Å². The molecule has 1 aromatic heterocycles. The third-order valence-corrected chi connectivity index (χ3v) is 3.81. The van der Waals surface area contributed by atoms with E-state index in [0.717, 1.165) is 16.7 Å². The SMILES string of the molecule is Cc1cc(-n2cnc3ccccc32)c(Br)cc1[N+](=O)[O-]. The van der Waals surface area contributed by atoms with E-state index in [4.69, 9.17) is 0 Å². The number of aryl methyl sites for hydroxylation is 1. The molecule has 0 amide bonds. The van der Waals surface area contributed by atoms with Crippen molar-refractivity contribution in [3.05, 3.63) is 62.9 Å². The van der Waals surface area contributed by atoms with E-state index in [2.05, 4.69) is 20.9 Å². The number of benzene rings is 2. The number of halogens is 1. The zero-order valence-electron chi connectivity index (χ0n) is 10.6. The second kappa shape index (κ2) is 4.72. The van der Waals surface area contributed by atoms with E-state index in [0.29, 0.717) is 10.0 Å². The largest absolute Gasteiger partial charge is 0.298 e. The van der Waals surface area contributed by atoms with Gasteiger partial charge in [0, 0.05) is 16.1 Å². The fourth-order valence-corrected chi connectivity index (χ4v) is 2.71. The molecule has 0 fully saturated rings. The number of imidazole rings is 1. The standard InChI is InChI=1S/C14H10BrN3O2/c1-9-6-14(10(15)7-13(9)18(19)20)17-8-16-11-4-2-3-5-12(11)17/h2-8H,1H3. The van der Waals surface area contributed by atoms with Gasteiger partial charge in [-0.1, -0.05) is 12.1 Å². The van der Waals surface area contributed by atoms with Crippen LogP contribution in [0.5, 0.6) is 0 Å². The predicted octanol–water partition coefficient (Wildman–Crippen LogP) is 4.00. The van der Waals surface area contributed by atoms with Crippen LogP contribution in [0.15, 0.2) is 47.2 Å². The molecular weight excluding hydrogens is 322 g/mol. The molecule has 2 aromatic carbocycles. The average Bonchev–Trinajstić information content (AvgIpc) is 2.84. The number of nitrogens with zero attached hydrogens (tertiary/aromatic N) is 3. The summed E-state index contributed by atoms with van der Waals surface area (Å²) in [4.78, 5) is 14.9. The first kappa shape index (κ1) is 12.8. The fourth-order valence-electron chi connectivity index (χ4n) is 2.19. The Morgan fingerprint density at radius 2 is 2.05 bits per heavy atom. The van der Waals surface area contributed by atoms with Crippen LogP contribution >= 0.6 is 15.9 Å². The quantitative estimate of drug-likeness (QED) is 0.526. The fraction of sp³-hybridized carbons (Fsp3) is 0.0714. The van der Waals surface area contributed by atoms with E-state index >= 15 is 0 Å². The Bertz CT molecular complexity index is 826. The van der Waals surface area contributed by atoms with Crippen LogP contribution in [0.2, 0.25) is 0 Å². The van der Waals surface area contributed by atoms with Crippen molar-refractivity contribution in [2.24, 2.45) is 0 Å². The minimum Gasteiger partial charge on any atom is -0.298 e. The minimum atomic E-state index is -0.379. The molecule has 0 radical (unpaired) electrons. The number of fused-ring (bicyclic) bond motifs is 1. The molecular formula is C14H10BrN3O2. The van der Waals surface area contributed by atoms with Crippen LogP contribution in [0, 0.1) is 17.0 Å². The van der Waals surface area contributed by atoms with Gasteiger partial charge in [0.25, 0.3) is 5.69 Å². The molecule has 0 bridgehead atoms. The van der Waals surface area contributed by atoms with Crippen LogP contribution in [-0.2, 0) is 0 Å². The van der Waals surface area contributed by atoms with Crippen molar-refractivity contribution in [3.8, 4) is 5.69 Å². The summed E-state index contributed by atoms with van der Waals surface area (Å²) in [5.41, 5.74) is 3.40. The second-order valence-electron chi connectivity index (χ2n) is 4.45. The number of para-hydroxylation sites is 2. The molecule has 0 saturated heterocycles. The topological polar surface area (TPSA) is 61.0 Å². The molecule has 0 atom stereocenters. The summed E-state index contributed by atoms with van der Waals surface area (Å²) in [7, 11) is 0. The lowest BCUT2D eigenvalue weighted by atomic mass is 10.2. The molecule has 5 nitrogen and oxygen atoms in total. The zero-order valence-corrected chi connectivity index (χ0v) is 12.2. The number of aromatic nitrogens is 2. The van der Waals surface area contributed by atoms with Crippen molar-refractivity contribution in [2.75, 3.05) is 0 Å². The van der Waals surface area contributed by atoms with Crippen molar-refractivity contribution >= 4 is 32.7 Å². The number of nitro groups is 1. The van der Waals surface area contributed by atoms with Crippen LogP contribution in [-0.4, -0.2) is 14.5 Å². The molecule has 0 N–H and O–H groups in total. The van der Waals surface area contributed by atoms with Crippen LogP contribution in [0.1, 0.15) is 5.56 Å². The van der Waals surface area contributed by atoms with Crippen LogP contribution in [0.25, 0.3) is 16.7 Å². The first-order valence-corrected chi connectivity index (χ1v) is 6.74. The lowest BCUT2D eigenvalue weighted by Crippen LogP contribution is -1.98. The van der Waals surface area contributed by atoms with E-state index in [1.165, 1.54) is 6.07 Å². The number of hydrogen-bond donors (Lipinski definition) is 0. The van der Waals surface area contributed by atoms with Gasteiger partial charge in [0.05, 0.1) is 21.6 Å². The molecule has 0 aliphatic rings. The summed E-state index contributed by atoms with van der Waals surface area (Å²) in [5, 5.41) is 10.9. The van der Waals surface area contributed by atoms with Gasteiger partial charge in [-0.25, -0.2) is 4.98 Å². The second-order valence-corrected chi connectivity index (χ2v) is 5.30. The van der Waals surface area contributed by atoms with Crippen molar-refractivity contribution < 1.29 is 4.92 Å². The zero-order chi connectivity index (χ0) is 14.3. The molecule has 20 heavy (non-hydrogen) atoms. The highest BCUT2D eigenvalue weighted by molar-refractivity contribution is 9.10. The van der Waals surface area contributed by atoms with E-state index in [1.54, 1.807) is 19.3 Å². The number of hydrogen-bond acceptors (Lipinski definition) is 3. The molecule has 3 rings (SSSR count). The monoisotopic (exact) mass is 331 g/mol. The van der Waals surface area contributed by atoms with Crippen LogP contribution in [0.3, 0.4) is 0 Å². The Morgan fingerprint density at radius 1 is 1.30 bits per heavy atom. The maximum Gasteiger partial charge on any atom is 0.273 e. The molecule has 100 valence electrons. The molecule has 0 spiro atoms. The van der Waals surface area contributed by atoms with E-state index in [9.17, 15) is 10.1 Å². The van der Waals surface area contributed by atoms with Gasteiger partial charge in [-0.05, 0) is 41.1 Å².